The van der Waals surface area contributed by atoms with Gasteiger partial charge in [-0.1, -0.05) is 0 Å². The Hall–Kier alpha value is -3.53. The summed E-state index contributed by atoms with van der Waals surface area (Å²) in [6.07, 6.45) is -1.30. The third kappa shape index (κ3) is 3.75. The molecule has 3 rings (SSSR count). The molecule has 0 aromatic heterocycles. The average Bonchev–Trinajstić information content (AvgIpc) is 2.63. The van der Waals surface area contributed by atoms with Crippen LogP contribution in [-0.2, 0) is 9.59 Å². The van der Waals surface area contributed by atoms with Crippen molar-refractivity contribution in [3.05, 3.63) is 48.0 Å². The molecule has 0 radical (unpaired) electrons. The number of rotatable bonds is 4. The van der Waals surface area contributed by atoms with Crippen molar-refractivity contribution in [1.82, 2.24) is 0 Å². The predicted octanol–water partition coefficient (Wildman–Crippen LogP) is 2.68. The second kappa shape index (κ2) is 7.15. The minimum atomic E-state index is -0.746. The molecule has 1 heterocycles. The fourth-order valence-electron chi connectivity index (χ4n) is 2.40. The second-order valence-corrected chi connectivity index (χ2v) is 5.85. The van der Waals surface area contributed by atoms with E-state index in [1.807, 2.05) is 6.07 Å². The summed E-state index contributed by atoms with van der Waals surface area (Å²) in [7, 11) is 0. The van der Waals surface area contributed by atoms with Gasteiger partial charge >= 0.3 is 0 Å². The number of carbonyl (C=O) groups excluding carboxylic acids is 2. The van der Waals surface area contributed by atoms with Gasteiger partial charge in [-0.2, -0.15) is 5.26 Å². The molecule has 0 saturated carbocycles. The monoisotopic (exact) mass is 351 g/mol. The maximum absolute atomic E-state index is 12.3. The average molecular weight is 351 g/mol. The van der Waals surface area contributed by atoms with Crippen molar-refractivity contribution < 1.29 is 19.1 Å². The largest absolute Gasteiger partial charge is 0.481 e. The highest BCUT2D eigenvalue weighted by atomic mass is 16.5. The Kier molecular flexibility index (Phi) is 4.76. The second-order valence-electron chi connectivity index (χ2n) is 5.85. The summed E-state index contributed by atoms with van der Waals surface area (Å²) in [5.74, 6) is 0.466. The molecular formula is C19H17N3O4. The lowest BCUT2D eigenvalue weighted by atomic mass is 10.2. The fourth-order valence-corrected chi connectivity index (χ4v) is 2.40. The SMILES string of the molecule is C[C@@H]1Oc2ccc(NC(=O)[C@@H](C)Oc3ccc(C#N)cc3)cc2NC1=O. The highest BCUT2D eigenvalue weighted by molar-refractivity contribution is 5.99. The van der Waals surface area contributed by atoms with Gasteiger partial charge in [0.1, 0.15) is 11.5 Å². The Morgan fingerprint density at radius 2 is 2.04 bits per heavy atom. The molecule has 1 aliphatic rings. The molecule has 2 amide bonds. The highest BCUT2D eigenvalue weighted by Crippen LogP contribution is 2.32. The van der Waals surface area contributed by atoms with Crippen molar-refractivity contribution in [1.29, 1.82) is 5.26 Å². The number of nitriles is 1. The first-order valence-electron chi connectivity index (χ1n) is 8.05. The van der Waals surface area contributed by atoms with Gasteiger partial charge in [0.25, 0.3) is 11.8 Å². The number of carbonyl (C=O) groups is 2. The number of hydrogen-bond acceptors (Lipinski definition) is 5. The summed E-state index contributed by atoms with van der Waals surface area (Å²) in [6.45, 7) is 3.29. The number of amides is 2. The van der Waals surface area contributed by atoms with E-state index in [0.29, 0.717) is 28.4 Å². The first-order valence-corrected chi connectivity index (χ1v) is 8.05. The van der Waals surface area contributed by atoms with Crippen LogP contribution in [0.2, 0.25) is 0 Å². The molecule has 26 heavy (non-hydrogen) atoms. The van der Waals surface area contributed by atoms with E-state index in [4.69, 9.17) is 14.7 Å². The zero-order chi connectivity index (χ0) is 18.7. The summed E-state index contributed by atoms with van der Waals surface area (Å²) in [4.78, 5) is 24.0. The molecular weight excluding hydrogens is 334 g/mol. The minimum Gasteiger partial charge on any atom is -0.481 e. The van der Waals surface area contributed by atoms with Gasteiger partial charge < -0.3 is 20.1 Å². The number of nitrogens with one attached hydrogen (secondary N) is 2. The molecule has 2 aromatic rings. The number of benzene rings is 2. The Labute approximate surface area is 150 Å². The van der Waals surface area contributed by atoms with Gasteiger partial charge in [0.05, 0.1) is 17.3 Å². The van der Waals surface area contributed by atoms with E-state index in [-0.39, 0.29) is 11.8 Å². The van der Waals surface area contributed by atoms with Crippen LogP contribution in [0, 0.1) is 11.3 Å². The molecule has 0 unspecified atom stereocenters. The van der Waals surface area contributed by atoms with Gasteiger partial charge in [0, 0.05) is 5.69 Å². The van der Waals surface area contributed by atoms with Crippen LogP contribution < -0.4 is 20.1 Å². The first-order chi connectivity index (χ1) is 12.5. The molecule has 2 aromatic carbocycles. The Morgan fingerprint density at radius 3 is 2.73 bits per heavy atom. The number of fused-ring (bicyclic) bond motifs is 1. The van der Waals surface area contributed by atoms with Crippen molar-refractivity contribution in [2.75, 3.05) is 10.6 Å². The summed E-state index contributed by atoms with van der Waals surface area (Å²) in [5, 5.41) is 14.3. The number of anilines is 2. The molecule has 132 valence electrons. The predicted molar refractivity (Wildman–Crippen MR) is 95.0 cm³/mol. The Bertz CT molecular complexity index is 887. The zero-order valence-corrected chi connectivity index (χ0v) is 14.3. The smallest absolute Gasteiger partial charge is 0.265 e. The van der Waals surface area contributed by atoms with Crippen LogP contribution in [0.3, 0.4) is 0 Å². The zero-order valence-electron chi connectivity index (χ0n) is 14.3. The van der Waals surface area contributed by atoms with Crippen LogP contribution in [0.25, 0.3) is 0 Å². The third-order valence-corrected chi connectivity index (χ3v) is 3.84. The molecule has 0 bridgehead atoms. The van der Waals surface area contributed by atoms with E-state index < -0.39 is 12.2 Å². The lowest BCUT2D eigenvalue weighted by Crippen LogP contribution is -2.34. The van der Waals surface area contributed by atoms with Crippen molar-refractivity contribution in [2.24, 2.45) is 0 Å². The van der Waals surface area contributed by atoms with Gasteiger partial charge in [0.2, 0.25) is 0 Å². The first kappa shape index (κ1) is 17.3. The van der Waals surface area contributed by atoms with Crippen molar-refractivity contribution >= 4 is 23.2 Å². The van der Waals surface area contributed by atoms with Crippen molar-refractivity contribution in [3.8, 4) is 17.6 Å². The van der Waals surface area contributed by atoms with E-state index >= 15 is 0 Å². The maximum Gasteiger partial charge on any atom is 0.265 e. The quantitative estimate of drug-likeness (QED) is 0.882. The highest BCUT2D eigenvalue weighted by Gasteiger charge is 2.24. The number of ether oxygens (including phenoxy) is 2. The molecule has 0 spiro atoms. The van der Waals surface area contributed by atoms with E-state index in [1.54, 1.807) is 56.3 Å². The van der Waals surface area contributed by atoms with Gasteiger partial charge in [-0.3, -0.25) is 9.59 Å². The lowest BCUT2D eigenvalue weighted by molar-refractivity contribution is -0.123. The normalized spacial score (nSPS) is 16.3. The van der Waals surface area contributed by atoms with Crippen molar-refractivity contribution in [3.63, 3.8) is 0 Å². The number of nitrogens with zero attached hydrogens (tertiary/aromatic N) is 1. The molecule has 0 aliphatic carbocycles. The fraction of sp³-hybridized carbons (Fsp3) is 0.211. The van der Waals surface area contributed by atoms with Crippen molar-refractivity contribution in [2.45, 2.75) is 26.1 Å². The van der Waals surface area contributed by atoms with Crippen LogP contribution in [0.5, 0.6) is 11.5 Å². The van der Waals surface area contributed by atoms with E-state index in [0.717, 1.165) is 0 Å². The minimum absolute atomic E-state index is 0.238. The molecule has 2 N–H and O–H groups in total. The van der Waals surface area contributed by atoms with E-state index in [9.17, 15) is 9.59 Å². The van der Waals surface area contributed by atoms with E-state index in [2.05, 4.69) is 10.6 Å². The van der Waals surface area contributed by atoms with Crippen LogP contribution in [0.15, 0.2) is 42.5 Å². The van der Waals surface area contributed by atoms with Crippen LogP contribution >= 0.6 is 0 Å². The maximum atomic E-state index is 12.3. The van der Waals surface area contributed by atoms with Crippen LogP contribution in [0.4, 0.5) is 11.4 Å². The summed E-state index contributed by atoms with van der Waals surface area (Å²) < 4.78 is 11.1. The Balaban J connectivity index is 1.64. The van der Waals surface area contributed by atoms with Gasteiger partial charge in [-0.15, -0.1) is 0 Å². The third-order valence-electron chi connectivity index (χ3n) is 3.84. The Morgan fingerprint density at radius 1 is 1.31 bits per heavy atom. The molecule has 0 saturated heterocycles. The molecule has 1 aliphatic heterocycles. The summed E-state index contributed by atoms with van der Waals surface area (Å²) in [5.41, 5.74) is 1.54. The van der Waals surface area contributed by atoms with E-state index in [1.165, 1.54) is 0 Å². The van der Waals surface area contributed by atoms with Crippen LogP contribution in [-0.4, -0.2) is 24.0 Å². The summed E-state index contributed by atoms with van der Waals surface area (Å²) in [6, 6.07) is 13.5. The molecule has 7 nitrogen and oxygen atoms in total. The van der Waals surface area contributed by atoms with Gasteiger partial charge in [0.15, 0.2) is 12.2 Å². The van der Waals surface area contributed by atoms with Gasteiger partial charge in [-0.25, -0.2) is 0 Å². The number of hydrogen-bond donors (Lipinski definition) is 2. The lowest BCUT2D eigenvalue weighted by Gasteiger charge is -2.24. The molecule has 7 heteroatoms. The van der Waals surface area contributed by atoms with Crippen LogP contribution in [0.1, 0.15) is 19.4 Å². The molecule has 2 atom stereocenters. The standard InChI is InChI=1S/C19H17N3O4/c1-11(25-15-6-3-13(10-20)4-7-15)18(23)21-14-5-8-17-16(9-14)22-19(24)12(2)26-17/h3-9,11-12H,1-2H3,(H,21,23)(H,22,24)/t11-,12+/m1/s1. The topological polar surface area (TPSA) is 100 Å². The molecule has 0 fully saturated rings. The summed E-state index contributed by atoms with van der Waals surface area (Å²) >= 11 is 0. The van der Waals surface area contributed by atoms with Gasteiger partial charge in [-0.05, 0) is 56.3 Å².